The van der Waals surface area contributed by atoms with E-state index in [4.69, 9.17) is 9.26 Å². The van der Waals surface area contributed by atoms with Crippen LogP contribution in [0.2, 0.25) is 0 Å². The molecule has 0 saturated carbocycles. The highest BCUT2D eigenvalue weighted by atomic mass is 31.2. The van der Waals surface area contributed by atoms with Crippen molar-refractivity contribution in [1.82, 2.24) is 0 Å². The molecule has 1 saturated heterocycles. The summed E-state index contributed by atoms with van der Waals surface area (Å²) in [6, 6.07) is 8.78. The summed E-state index contributed by atoms with van der Waals surface area (Å²) in [5.41, 5.74) is 0.861. The minimum absolute atomic E-state index is 0.0399. The molecule has 2 unspecified atom stereocenters. The minimum Gasteiger partial charge on any atom is -0.545 e. The Balaban J connectivity index is 2.26. The van der Waals surface area contributed by atoms with Crippen molar-refractivity contribution in [3.63, 3.8) is 0 Å². The number of carbonyl (C=O) groups excluding carboxylic acids is 2. The largest absolute Gasteiger partial charge is 0.545 e. The molecule has 2 rings (SSSR count). The van der Waals surface area contributed by atoms with Crippen molar-refractivity contribution in [1.29, 1.82) is 0 Å². The highest BCUT2D eigenvalue weighted by Crippen LogP contribution is 2.53. The molecule has 0 bridgehead atoms. The van der Waals surface area contributed by atoms with Gasteiger partial charge in [-0.2, -0.15) is 0 Å². The van der Waals surface area contributed by atoms with E-state index >= 15 is 0 Å². The molecule has 1 fully saturated rings. The van der Waals surface area contributed by atoms with E-state index in [1.165, 1.54) is 0 Å². The molecule has 28 heavy (non-hydrogen) atoms. The van der Waals surface area contributed by atoms with Gasteiger partial charge in [-0.15, -0.1) is 0 Å². The summed E-state index contributed by atoms with van der Waals surface area (Å²) in [4.78, 5) is 23.8. The molecule has 0 amide bonds. The summed E-state index contributed by atoms with van der Waals surface area (Å²) in [5, 5.41) is 11.2. The van der Waals surface area contributed by atoms with Crippen LogP contribution in [0.3, 0.4) is 0 Å². The Morgan fingerprint density at radius 3 is 2.50 bits per heavy atom. The molecule has 1 aliphatic rings. The molecule has 0 aliphatic carbocycles. The smallest absolute Gasteiger partial charge is 0.340 e. The van der Waals surface area contributed by atoms with Crippen molar-refractivity contribution in [3.05, 3.63) is 47.5 Å². The lowest BCUT2D eigenvalue weighted by molar-refractivity contribution is -0.906. The van der Waals surface area contributed by atoms with Crippen LogP contribution < -0.4 is 5.11 Å². The SMILES string of the molecule is CC(C)OC(=O)/C(=C/C(=O)[O-])C1CP(=O)(OCc2ccccc2)CC[N+]1(C)C. The van der Waals surface area contributed by atoms with Gasteiger partial charge in [0.25, 0.3) is 0 Å². The van der Waals surface area contributed by atoms with Crippen molar-refractivity contribution < 1.29 is 33.0 Å². The Morgan fingerprint density at radius 2 is 1.93 bits per heavy atom. The fourth-order valence-corrected chi connectivity index (χ4v) is 5.99. The van der Waals surface area contributed by atoms with E-state index in [1.807, 2.05) is 44.4 Å². The number of esters is 1. The van der Waals surface area contributed by atoms with E-state index in [2.05, 4.69) is 0 Å². The van der Waals surface area contributed by atoms with Gasteiger partial charge in [0.1, 0.15) is 6.04 Å². The summed E-state index contributed by atoms with van der Waals surface area (Å²) < 4.78 is 24.7. The van der Waals surface area contributed by atoms with Gasteiger partial charge in [-0.25, -0.2) is 4.79 Å². The van der Waals surface area contributed by atoms with Crippen LogP contribution in [0.25, 0.3) is 0 Å². The molecule has 0 radical (unpaired) electrons. The van der Waals surface area contributed by atoms with Gasteiger partial charge < -0.3 is 23.6 Å². The Bertz CT molecular complexity index is 787. The van der Waals surface area contributed by atoms with Crippen molar-refractivity contribution >= 4 is 19.3 Å². The van der Waals surface area contributed by atoms with E-state index in [0.29, 0.717) is 17.2 Å². The number of ether oxygens (including phenoxy) is 1. The molecule has 0 N–H and O–H groups in total. The Kier molecular flexibility index (Phi) is 7.21. The van der Waals surface area contributed by atoms with Gasteiger partial charge >= 0.3 is 5.97 Å². The van der Waals surface area contributed by atoms with Crippen LogP contribution in [0, 0.1) is 0 Å². The van der Waals surface area contributed by atoms with Crippen LogP contribution in [-0.2, 0) is 30.0 Å². The quantitative estimate of drug-likeness (QED) is 0.294. The summed E-state index contributed by atoms with van der Waals surface area (Å²) >= 11 is 0. The zero-order valence-corrected chi connectivity index (χ0v) is 17.7. The van der Waals surface area contributed by atoms with Crippen molar-refractivity contribution in [3.8, 4) is 0 Å². The third-order valence-corrected chi connectivity index (χ3v) is 7.22. The highest BCUT2D eigenvalue weighted by molar-refractivity contribution is 7.59. The van der Waals surface area contributed by atoms with Gasteiger partial charge in [0.2, 0.25) is 7.37 Å². The second-order valence-corrected chi connectivity index (χ2v) is 10.6. The van der Waals surface area contributed by atoms with Gasteiger partial charge in [-0.05, 0) is 25.5 Å². The Morgan fingerprint density at radius 1 is 1.29 bits per heavy atom. The van der Waals surface area contributed by atoms with Gasteiger partial charge in [-0.1, -0.05) is 30.3 Å². The van der Waals surface area contributed by atoms with Crippen LogP contribution >= 0.6 is 7.37 Å². The predicted molar refractivity (Wildman–Crippen MR) is 104 cm³/mol. The Hall–Kier alpha value is -1.95. The molecule has 1 heterocycles. The van der Waals surface area contributed by atoms with E-state index in [0.717, 1.165) is 11.6 Å². The minimum atomic E-state index is -3.06. The monoisotopic (exact) mass is 409 g/mol. The summed E-state index contributed by atoms with van der Waals surface area (Å²) in [5.74, 6) is -2.21. The zero-order valence-electron chi connectivity index (χ0n) is 16.8. The molecule has 2 atom stereocenters. The maximum atomic E-state index is 13.4. The van der Waals surface area contributed by atoms with Crippen LogP contribution in [0.15, 0.2) is 42.0 Å². The first-order valence-corrected chi connectivity index (χ1v) is 11.2. The number of carbonyl (C=O) groups is 2. The lowest BCUT2D eigenvalue weighted by Gasteiger charge is -2.44. The van der Waals surface area contributed by atoms with E-state index in [-0.39, 0.29) is 18.3 Å². The number of carboxylic acids is 1. The Labute approximate surface area is 166 Å². The van der Waals surface area contributed by atoms with E-state index in [9.17, 15) is 19.3 Å². The lowest BCUT2D eigenvalue weighted by atomic mass is 10.0. The molecule has 7 nitrogen and oxygen atoms in total. The number of benzene rings is 1. The third-order valence-electron chi connectivity index (χ3n) is 4.83. The predicted octanol–water partition coefficient (Wildman–Crippen LogP) is 1.57. The fourth-order valence-electron chi connectivity index (χ4n) is 3.20. The van der Waals surface area contributed by atoms with Crippen molar-refractivity contribution in [2.45, 2.75) is 32.6 Å². The second kappa shape index (κ2) is 9.03. The van der Waals surface area contributed by atoms with Gasteiger partial charge in [0, 0.05) is 0 Å². The molecule has 0 aromatic heterocycles. The topological polar surface area (TPSA) is 92.7 Å². The molecule has 0 spiro atoms. The second-order valence-electron chi connectivity index (χ2n) is 7.87. The van der Waals surface area contributed by atoms with Crippen LogP contribution in [0.4, 0.5) is 0 Å². The number of likely N-dealkylation sites (N-methyl/N-ethyl adjacent to an activating group) is 1. The number of hydrogen-bond acceptors (Lipinski definition) is 6. The summed E-state index contributed by atoms with van der Waals surface area (Å²) in [7, 11) is 0.681. The highest BCUT2D eigenvalue weighted by Gasteiger charge is 2.47. The fraction of sp³-hybridized carbons (Fsp3) is 0.500. The van der Waals surface area contributed by atoms with Crippen LogP contribution in [0.1, 0.15) is 19.4 Å². The third kappa shape index (κ3) is 6.03. The first-order valence-electron chi connectivity index (χ1n) is 9.25. The van der Waals surface area contributed by atoms with Gasteiger partial charge in [0.05, 0.1) is 57.2 Å². The molecule has 154 valence electrons. The normalized spacial score (nSPS) is 24.8. The number of quaternary nitrogens is 1. The number of rotatable bonds is 7. The molecule has 1 aromatic rings. The standard InChI is InChI=1S/C20H28NO6P/c1-15(2)27-20(24)17(12-19(22)23)18-14-28(25,11-10-21(18,3)4)26-13-16-8-6-5-7-9-16/h5-9,12,15,18H,10-11,13-14H2,1-4H3/b17-12+. The average molecular weight is 409 g/mol. The van der Waals surface area contributed by atoms with Crippen molar-refractivity contribution in [2.75, 3.05) is 33.0 Å². The lowest BCUT2D eigenvalue weighted by Crippen LogP contribution is -2.57. The van der Waals surface area contributed by atoms with Gasteiger partial charge in [0.15, 0.2) is 0 Å². The molecule has 1 aromatic carbocycles. The molecular formula is C20H28NO6P. The molecule has 1 aliphatic heterocycles. The zero-order chi connectivity index (χ0) is 20.9. The van der Waals surface area contributed by atoms with E-state index in [1.54, 1.807) is 13.8 Å². The number of hydrogen-bond donors (Lipinski definition) is 0. The first-order chi connectivity index (χ1) is 13.0. The number of nitrogens with zero attached hydrogens (tertiary/aromatic N) is 1. The molecule has 8 heteroatoms. The number of aliphatic carboxylic acids is 1. The van der Waals surface area contributed by atoms with Crippen LogP contribution in [-0.4, -0.2) is 61.5 Å². The van der Waals surface area contributed by atoms with Gasteiger partial charge in [-0.3, -0.25) is 4.57 Å². The van der Waals surface area contributed by atoms with Crippen LogP contribution in [0.5, 0.6) is 0 Å². The average Bonchev–Trinajstić information content (AvgIpc) is 2.61. The summed E-state index contributed by atoms with van der Waals surface area (Å²) in [6.45, 7) is 4.05. The maximum Gasteiger partial charge on any atom is 0.340 e. The van der Waals surface area contributed by atoms with E-state index < -0.39 is 31.5 Å². The molecular weight excluding hydrogens is 381 g/mol. The maximum absolute atomic E-state index is 13.4. The number of carboxylic acid groups (broad SMARTS) is 1. The first kappa shape index (κ1) is 22.3. The van der Waals surface area contributed by atoms with Crippen molar-refractivity contribution in [2.24, 2.45) is 0 Å². The summed E-state index contributed by atoms with van der Waals surface area (Å²) in [6.07, 6.45) is 0.792.